The maximum Gasteiger partial charge on any atom is 0.0847 e. The van der Waals surface area contributed by atoms with Gasteiger partial charge in [-0.25, -0.2) is 0 Å². The van der Waals surface area contributed by atoms with Crippen molar-refractivity contribution in [3.05, 3.63) is 39.4 Å². The lowest BCUT2D eigenvalue weighted by Crippen LogP contribution is -2.19. The van der Waals surface area contributed by atoms with Crippen LogP contribution in [0.15, 0.2) is 6.07 Å². The van der Waals surface area contributed by atoms with E-state index in [1.165, 1.54) is 0 Å². The van der Waals surface area contributed by atoms with Crippen LogP contribution in [0.4, 0.5) is 0 Å². The highest BCUT2D eigenvalue weighted by atomic mass is 35.5. The summed E-state index contributed by atoms with van der Waals surface area (Å²) in [6.45, 7) is 8.73. The zero-order valence-electron chi connectivity index (χ0n) is 13.0. The van der Waals surface area contributed by atoms with Crippen molar-refractivity contribution in [1.82, 2.24) is 20.0 Å². The minimum Gasteiger partial charge on any atom is -0.324 e. The van der Waals surface area contributed by atoms with Crippen LogP contribution in [-0.2, 0) is 19.4 Å². The van der Waals surface area contributed by atoms with E-state index in [1.807, 2.05) is 31.5 Å². The van der Waals surface area contributed by atoms with Gasteiger partial charge in [-0.05, 0) is 38.8 Å². The minimum atomic E-state index is -0.159. The zero-order valence-corrected chi connectivity index (χ0v) is 13.8. The lowest BCUT2D eigenvalue weighted by Gasteiger charge is -2.16. The van der Waals surface area contributed by atoms with Gasteiger partial charge in [-0.2, -0.15) is 15.3 Å². The average Bonchev–Trinajstić information content (AvgIpc) is 2.74. The lowest BCUT2D eigenvalue weighted by atomic mass is 9.99. The van der Waals surface area contributed by atoms with Crippen molar-refractivity contribution >= 4 is 11.6 Å². The summed E-state index contributed by atoms with van der Waals surface area (Å²) >= 11 is 6.36. The van der Waals surface area contributed by atoms with Crippen LogP contribution in [0.25, 0.3) is 0 Å². The van der Waals surface area contributed by atoms with Crippen molar-refractivity contribution in [2.75, 3.05) is 0 Å². The molecule has 21 heavy (non-hydrogen) atoms. The predicted molar refractivity (Wildman–Crippen MR) is 84.4 cm³/mol. The first-order valence-electron chi connectivity index (χ1n) is 7.28. The summed E-state index contributed by atoms with van der Waals surface area (Å²) < 4.78 is 1.92. The lowest BCUT2D eigenvalue weighted by molar-refractivity contribution is 0.583. The molecule has 5 nitrogen and oxygen atoms in total. The monoisotopic (exact) mass is 307 g/mol. The van der Waals surface area contributed by atoms with Crippen molar-refractivity contribution in [1.29, 1.82) is 0 Å². The molecule has 0 bridgehead atoms. The molecule has 0 saturated heterocycles. The Hall–Kier alpha value is -1.46. The van der Waals surface area contributed by atoms with E-state index < -0.39 is 0 Å². The molecule has 1 atom stereocenters. The minimum absolute atomic E-state index is 0.159. The van der Waals surface area contributed by atoms with E-state index in [4.69, 9.17) is 17.3 Å². The molecule has 0 aliphatic heterocycles. The van der Waals surface area contributed by atoms with Gasteiger partial charge in [-0.3, -0.25) is 4.68 Å². The highest BCUT2D eigenvalue weighted by molar-refractivity contribution is 6.31. The van der Waals surface area contributed by atoms with Crippen molar-refractivity contribution in [2.45, 2.75) is 53.1 Å². The quantitative estimate of drug-likeness (QED) is 0.922. The number of halogens is 1. The largest absolute Gasteiger partial charge is 0.324 e. The molecular weight excluding hydrogens is 286 g/mol. The number of hydrogen-bond donors (Lipinski definition) is 1. The van der Waals surface area contributed by atoms with Crippen molar-refractivity contribution < 1.29 is 0 Å². The summed E-state index contributed by atoms with van der Waals surface area (Å²) in [4.78, 5) is 0. The summed E-state index contributed by atoms with van der Waals surface area (Å²) in [7, 11) is 0. The third-order valence-corrected chi connectivity index (χ3v) is 4.12. The van der Waals surface area contributed by atoms with E-state index in [-0.39, 0.29) is 6.04 Å². The third-order valence-electron chi connectivity index (χ3n) is 3.63. The van der Waals surface area contributed by atoms with E-state index >= 15 is 0 Å². The maximum absolute atomic E-state index is 6.41. The maximum atomic E-state index is 6.41. The van der Waals surface area contributed by atoms with Crippen LogP contribution in [0.1, 0.15) is 48.2 Å². The standard InChI is InChI=1S/C15H22ClN5/c1-5-13-11(7-9(3)18-19-13)12(17)8-14-15(16)10(4)20-21(14)6-2/h7,12H,5-6,8,17H2,1-4H3. The van der Waals surface area contributed by atoms with Gasteiger partial charge in [0, 0.05) is 19.0 Å². The molecule has 114 valence electrons. The van der Waals surface area contributed by atoms with Gasteiger partial charge in [0.15, 0.2) is 0 Å². The SMILES string of the molecule is CCc1nnc(C)cc1C(N)Cc1c(Cl)c(C)nn1CC. The first-order chi connectivity index (χ1) is 9.97. The van der Waals surface area contributed by atoms with Crippen molar-refractivity contribution in [2.24, 2.45) is 5.73 Å². The van der Waals surface area contributed by atoms with Crippen LogP contribution in [0.5, 0.6) is 0 Å². The van der Waals surface area contributed by atoms with Crippen LogP contribution >= 0.6 is 11.6 Å². The number of nitrogens with zero attached hydrogens (tertiary/aromatic N) is 4. The van der Waals surface area contributed by atoms with E-state index in [0.29, 0.717) is 11.4 Å². The fourth-order valence-corrected chi connectivity index (χ4v) is 2.72. The Labute approximate surface area is 130 Å². The van der Waals surface area contributed by atoms with Gasteiger partial charge in [0.1, 0.15) is 0 Å². The van der Waals surface area contributed by atoms with Crippen LogP contribution in [0.2, 0.25) is 5.02 Å². The molecule has 2 heterocycles. The van der Waals surface area contributed by atoms with Gasteiger partial charge in [-0.1, -0.05) is 18.5 Å². The molecule has 0 aliphatic rings. The van der Waals surface area contributed by atoms with Gasteiger partial charge in [0.2, 0.25) is 0 Å². The summed E-state index contributed by atoms with van der Waals surface area (Å²) in [5.41, 5.74) is 11.1. The van der Waals surface area contributed by atoms with Gasteiger partial charge >= 0.3 is 0 Å². The highest BCUT2D eigenvalue weighted by Gasteiger charge is 2.19. The van der Waals surface area contributed by atoms with Crippen molar-refractivity contribution in [3.8, 4) is 0 Å². The first-order valence-corrected chi connectivity index (χ1v) is 7.66. The van der Waals surface area contributed by atoms with Gasteiger partial charge in [0.25, 0.3) is 0 Å². The van der Waals surface area contributed by atoms with E-state index in [1.54, 1.807) is 0 Å². The average molecular weight is 308 g/mol. The second-order valence-electron chi connectivity index (χ2n) is 5.21. The Bertz CT molecular complexity index is 635. The van der Waals surface area contributed by atoms with E-state index in [0.717, 1.165) is 41.3 Å². The van der Waals surface area contributed by atoms with Crippen LogP contribution in [-0.4, -0.2) is 20.0 Å². The van der Waals surface area contributed by atoms with E-state index in [2.05, 4.69) is 22.2 Å². The first kappa shape index (κ1) is 15.9. The van der Waals surface area contributed by atoms with Gasteiger partial charge in [-0.15, -0.1) is 0 Å². The zero-order chi connectivity index (χ0) is 15.6. The van der Waals surface area contributed by atoms with Gasteiger partial charge < -0.3 is 5.73 Å². The number of nitrogens with two attached hydrogens (primary N) is 1. The fraction of sp³-hybridized carbons (Fsp3) is 0.533. The number of hydrogen-bond acceptors (Lipinski definition) is 4. The molecule has 1 unspecified atom stereocenters. The molecular formula is C15H22ClN5. The molecule has 0 aromatic carbocycles. The second kappa shape index (κ2) is 6.54. The van der Waals surface area contributed by atoms with Crippen LogP contribution < -0.4 is 5.73 Å². The molecule has 2 N–H and O–H groups in total. The molecule has 0 spiro atoms. The fourth-order valence-electron chi connectivity index (χ4n) is 2.51. The molecule has 0 fully saturated rings. The smallest absolute Gasteiger partial charge is 0.0847 e. The van der Waals surface area contributed by atoms with Crippen molar-refractivity contribution in [3.63, 3.8) is 0 Å². The summed E-state index contributed by atoms with van der Waals surface area (Å²) in [5, 5.41) is 13.5. The predicted octanol–water partition coefficient (Wildman–Crippen LogP) is 2.77. The number of aryl methyl sites for hydroxylation is 4. The van der Waals surface area contributed by atoms with E-state index in [9.17, 15) is 0 Å². The Morgan fingerprint density at radius 2 is 2.00 bits per heavy atom. The highest BCUT2D eigenvalue weighted by Crippen LogP contribution is 2.26. The van der Waals surface area contributed by atoms with Gasteiger partial charge in [0.05, 0.1) is 27.8 Å². The molecule has 2 rings (SSSR count). The Kier molecular flexibility index (Phi) is 4.96. The topological polar surface area (TPSA) is 69.6 Å². The summed E-state index contributed by atoms with van der Waals surface area (Å²) in [5.74, 6) is 0. The molecule has 6 heteroatoms. The summed E-state index contributed by atoms with van der Waals surface area (Å²) in [6, 6.07) is 1.86. The molecule has 2 aromatic heterocycles. The van der Waals surface area contributed by atoms with Crippen LogP contribution in [0.3, 0.4) is 0 Å². The molecule has 0 amide bonds. The number of aromatic nitrogens is 4. The second-order valence-corrected chi connectivity index (χ2v) is 5.59. The molecule has 0 aliphatic carbocycles. The molecule has 2 aromatic rings. The number of rotatable bonds is 5. The normalized spacial score (nSPS) is 12.7. The summed E-state index contributed by atoms with van der Waals surface area (Å²) in [6.07, 6.45) is 1.46. The Morgan fingerprint density at radius 1 is 1.29 bits per heavy atom. The third kappa shape index (κ3) is 3.24. The Balaban J connectivity index is 2.34. The van der Waals surface area contributed by atoms with Crippen LogP contribution in [0, 0.1) is 13.8 Å². The Morgan fingerprint density at radius 3 is 2.62 bits per heavy atom. The molecule has 0 radical (unpaired) electrons. The molecule has 0 saturated carbocycles.